The quantitative estimate of drug-likeness (QED) is 0.871. The van der Waals surface area contributed by atoms with Gasteiger partial charge in [-0.1, -0.05) is 36.4 Å². The summed E-state index contributed by atoms with van der Waals surface area (Å²) in [5.74, 6) is 0. The third kappa shape index (κ3) is 2.70. The summed E-state index contributed by atoms with van der Waals surface area (Å²) < 4.78 is 37.6. The number of benzene rings is 2. The molecule has 0 heterocycles. The van der Waals surface area contributed by atoms with Gasteiger partial charge in [-0.3, -0.25) is 0 Å². The molecule has 1 unspecified atom stereocenters. The van der Waals surface area contributed by atoms with Gasteiger partial charge in [-0.2, -0.15) is 13.2 Å². The Balaban J connectivity index is 2.43. The van der Waals surface area contributed by atoms with Crippen LogP contribution in [0.4, 0.5) is 13.2 Å². The lowest BCUT2D eigenvalue weighted by molar-refractivity contribution is -0.137. The van der Waals surface area contributed by atoms with Gasteiger partial charge in [0.2, 0.25) is 0 Å². The van der Waals surface area contributed by atoms with E-state index in [0.717, 1.165) is 17.7 Å². The van der Waals surface area contributed by atoms with Crippen LogP contribution in [-0.2, 0) is 11.8 Å². The second kappa shape index (κ2) is 4.94. The Kier molecular flexibility index (Phi) is 3.61. The van der Waals surface area contributed by atoms with Gasteiger partial charge in [0.1, 0.15) is 5.60 Å². The largest absolute Gasteiger partial charge is 0.416 e. The first-order chi connectivity index (χ1) is 9.23. The zero-order valence-electron chi connectivity index (χ0n) is 11.2. The van der Waals surface area contributed by atoms with Crippen molar-refractivity contribution in [2.75, 3.05) is 0 Å². The third-order valence-corrected chi connectivity index (χ3v) is 3.44. The van der Waals surface area contributed by atoms with E-state index in [1.54, 1.807) is 19.1 Å². The van der Waals surface area contributed by atoms with Crippen LogP contribution in [0.3, 0.4) is 0 Å². The molecule has 106 valence electrons. The van der Waals surface area contributed by atoms with Gasteiger partial charge in [-0.25, -0.2) is 0 Å². The molecule has 0 saturated heterocycles. The average Bonchev–Trinajstić information content (AvgIpc) is 2.38. The fraction of sp³-hybridized carbons (Fsp3) is 0.250. The lowest BCUT2D eigenvalue weighted by Gasteiger charge is -2.26. The summed E-state index contributed by atoms with van der Waals surface area (Å²) in [4.78, 5) is 0. The van der Waals surface area contributed by atoms with Crippen LogP contribution in [0.15, 0.2) is 48.5 Å². The molecule has 1 N–H and O–H groups in total. The maximum absolute atomic E-state index is 12.5. The van der Waals surface area contributed by atoms with Gasteiger partial charge in [-0.15, -0.1) is 0 Å². The number of alkyl halides is 3. The van der Waals surface area contributed by atoms with E-state index < -0.39 is 17.3 Å². The molecule has 0 radical (unpaired) electrons. The normalized spacial score (nSPS) is 14.9. The lowest BCUT2D eigenvalue weighted by atomic mass is 9.85. The van der Waals surface area contributed by atoms with Crippen molar-refractivity contribution in [3.05, 3.63) is 70.8 Å². The Morgan fingerprint density at radius 2 is 1.35 bits per heavy atom. The van der Waals surface area contributed by atoms with Gasteiger partial charge < -0.3 is 5.11 Å². The molecule has 0 aliphatic heterocycles. The van der Waals surface area contributed by atoms with Crippen molar-refractivity contribution in [2.45, 2.75) is 25.6 Å². The molecule has 2 rings (SSSR count). The van der Waals surface area contributed by atoms with E-state index in [0.29, 0.717) is 11.1 Å². The molecular formula is C16H15F3O. The molecule has 0 amide bonds. The predicted octanol–water partition coefficient (Wildman–Crippen LogP) is 4.27. The van der Waals surface area contributed by atoms with E-state index in [2.05, 4.69) is 0 Å². The molecule has 0 aliphatic carbocycles. The van der Waals surface area contributed by atoms with E-state index in [4.69, 9.17) is 0 Å². The molecule has 2 aromatic carbocycles. The van der Waals surface area contributed by atoms with Crippen molar-refractivity contribution in [1.29, 1.82) is 0 Å². The van der Waals surface area contributed by atoms with Gasteiger partial charge in [0.25, 0.3) is 0 Å². The smallest absolute Gasteiger partial charge is 0.381 e. The first kappa shape index (κ1) is 14.6. The average molecular weight is 280 g/mol. The number of hydrogen-bond donors (Lipinski definition) is 1. The molecular weight excluding hydrogens is 265 g/mol. The van der Waals surface area contributed by atoms with Crippen LogP contribution in [0.1, 0.15) is 29.2 Å². The number of rotatable bonds is 2. The minimum atomic E-state index is -4.37. The van der Waals surface area contributed by atoms with Crippen molar-refractivity contribution >= 4 is 0 Å². The van der Waals surface area contributed by atoms with Crippen molar-refractivity contribution in [3.8, 4) is 0 Å². The minimum Gasteiger partial charge on any atom is -0.381 e. The van der Waals surface area contributed by atoms with E-state index in [1.165, 1.54) is 12.1 Å². The standard InChI is InChI=1S/C16H15F3O/c1-11-5-3-4-6-14(11)15(2,20)12-7-9-13(10-8-12)16(17,18)19/h3-10,20H,1-2H3. The van der Waals surface area contributed by atoms with Crippen LogP contribution in [0.5, 0.6) is 0 Å². The Labute approximate surface area is 115 Å². The van der Waals surface area contributed by atoms with Crippen molar-refractivity contribution in [2.24, 2.45) is 0 Å². The summed E-state index contributed by atoms with van der Waals surface area (Å²) in [7, 11) is 0. The highest BCUT2D eigenvalue weighted by molar-refractivity contribution is 5.40. The highest BCUT2D eigenvalue weighted by atomic mass is 19.4. The number of hydrogen-bond acceptors (Lipinski definition) is 1. The Bertz CT molecular complexity index is 598. The Hall–Kier alpha value is -1.81. The minimum absolute atomic E-state index is 0.430. The summed E-state index contributed by atoms with van der Waals surface area (Å²) in [6, 6.07) is 11.9. The zero-order valence-corrected chi connectivity index (χ0v) is 11.2. The van der Waals surface area contributed by atoms with Crippen LogP contribution >= 0.6 is 0 Å². The molecule has 0 spiro atoms. The summed E-state index contributed by atoms with van der Waals surface area (Å²) in [6.45, 7) is 3.44. The van der Waals surface area contributed by atoms with Crippen LogP contribution in [-0.4, -0.2) is 5.11 Å². The van der Waals surface area contributed by atoms with E-state index >= 15 is 0 Å². The molecule has 0 aliphatic rings. The molecule has 1 nitrogen and oxygen atoms in total. The van der Waals surface area contributed by atoms with Gasteiger partial charge in [0.05, 0.1) is 5.56 Å². The van der Waals surface area contributed by atoms with Crippen LogP contribution in [0.2, 0.25) is 0 Å². The van der Waals surface area contributed by atoms with E-state index in [9.17, 15) is 18.3 Å². The number of halogens is 3. The molecule has 0 bridgehead atoms. The Morgan fingerprint density at radius 3 is 1.85 bits per heavy atom. The number of aryl methyl sites for hydroxylation is 1. The maximum Gasteiger partial charge on any atom is 0.416 e. The molecule has 0 aromatic heterocycles. The molecule has 1 atom stereocenters. The highest BCUT2D eigenvalue weighted by Gasteiger charge is 2.32. The van der Waals surface area contributed by atoms with E-state index in [1.807, 2.05) is 19.1 Å². The summed E-state index contributed by atoms with van der Waals surface area (Å²) >= 11 is 0. The summed E-state index contributed by atoms with van der Waals surface area (Å²) in [5, 5.41) is 10.7. The van der Waals surface area contributed by atoms with Crippen molar-refractivity contribution < 1.29 is 18.3 Å². The van der Waals surface area contributed by atoms with Crippen molar-refractivity contribution in [1.82, 2.24) is 0 Å². The topological polar surface area (TPSA) is 20.2 Å². The Morgan fingerprint density at radius 1 is 0.850 bits per heavy atom. The van der Waals surface area contributed by atoms with Gasteiger partial charge in [0, 0.05) is 0 Å². The first-order valence-corrected chi connectivity index (χ1v) is 6.19. The van der Waals surface area contributed by atoms with Crippen LogP contribution < -0.4 is 0 Å². The second-order valence-electron chi connectivity index (χ2n) is 4.96. The highest BCUT2D eigenvalue weighted by Crippen LogP contribution is 2.34. The monoisotopic (exact) mass is 280 g/mol. The van der Waals surface area contributed by atoms with Crippen molar-refractivity contribution in [3.63, 3.8) is 0 Å². The van der Waals surface area contributed by atoms with Gasteiger partial charge in [0.15, 0.2) is 0 Å². The molecule has 0 fully saturated rings. The van der Waals surface area contributed by atoms with Crippen LogP contribution in [0.25, 0.3) is 0 Å². The molecule has 20 heavy (non-hydrogen) atoms. The number of aliphatic hydroxyl groups is 1. The molecule has 2 aromatic rings. The van der Waals surface area contributed by atoms with E-state index in [-0.39, 0.29) is 0 Å². The first-order valence-electron chi connectivity index (χ1n) is 6.19. The van der Waals surface area contributed by atoms with Gasteiger partial charge in [-0.05, 0) is 42.7 Å². The second-order valence-corrected chi connectivity index (χ2v) is 4.96. The fourth-order valence-corrected chi connectivity index (χ4v) is 2.26. The SMILES string of the molecule is Cc1ccccc1C(C)(O)c1ccc(C(F)(F)F)cc1. The zero-order chi connectivity index (χ0) is 15.0. The third-order valence-electron chi connectivity index (χ3n) is 3.44. The lowest BCUT2D eigenvalue weighted by Crippen LogP contribution is -2.24. The predicted molar refractivity (Wildman–Crippen MR) is 71.3 cm³/mol. The summed E-state index contributed by atoms with van der Waals surface area (Å²) in [5.41, 5.74) is -0.0473. The molecule has 4 heteroatoms. The summed E-state index contributed by atoms with van der Waals surface area (Å²) in [6.07, 6.45) is -4.37. The van der Waals surface area contributed by atoms with Gasteiger partial charge >= 0.3 is 6.18 Å². The fourth-order valence-electron chi connectivity index (χ4n) is 2.26. The van der Waals surface area contributed by atoms with Crippen LogP contribution in [0, 0.1) is 6.92 Å². The maximum atomic E-state index is 12.5. The molecule has 0 saturated carbocycles.